The highest BCUT2D eigenvalue weighted by atomic mass is 16.5. The zero-order chi connectivity index (χ0) is 17.9. The molecule has 4 rings (SSSR count). The van der Waals surface area contributed by atoms with Crippen LogP contribution in [0.1, 0.15) is 48.2 Å². The minimum atomic E-state index is 0.0599. The number of carbonyl (C=O) groups is 1. The number of amides is 1. The van der Waals surface area contributed by atoms with Gasteiger partial charge in [-0.1, -0.05) is 35.5 Å². The molecule has 1 unspecified atom stereocenters. The van der Waals surface area contributed by atoms with Crippen LogP contribution in [0.25, 0.3) is 11.3 Å². The molecule has 0 radical (unpaired) electrons. The molecule has 1 atom stereocenters. The van der Waals surface area contributed by atoms with Crippen LogP contribution in [0.4, 0.5) is 0 Å². The Morgan fingerprint density at radius 2 is 1.81 bits per heavy atom. The maximum absolute atomic E-state index is 13.3. The third kappa shape index (κ3) is 3.40. The molecule has 0 spiro atoms. The van der Waals surface area contributed by atoms with Gasteiger partial charge in [0.2, 0.25) is 0 Å². The molecule has 0 N–H and O–H groups in total. The summed E-state index contributed by atoms with van der Waals surface area (Å²) in [6.45, 7) is 5.92. The molecule has 5 heteroatoms. The van der Waals surface area contributed by atoms with E-state index >= 15 is 0 Å². The standard InChI is InChI=1S/C21H27N3O2/c1-16-19(20(22-26-16)17-8-3-2-4-9-17)21(25)24-14-7-10-18(11-15-24)23-12-5-6-13-23/h2-4,8-9,18H,5-7,10-15H2,1H3. The predicted octanol–water partition coefficient (Wildman–Crippen LogP) is 3.74. The van der Waals surface area contributed by atoms with Crippen LogP contribution in [0.5, 0.6) is 0 Å². The quantitative estimate of drug-likeness (QED) is 0.843. The molecule has 0 saturated carbocycles. The van der Waals surface area contributed by atoms with Crippen molar-refractivity contribution < 1.29 is 9.32 Å². The minimum absolute atomic E-state index is 0.0599. The maximum Gasteiger partial charge on any atom is 0.259 e. The van der Waals surface area contributed by atoms with E-state index in [1.165, 1.54) is 32.4 Å². The van der Waals surface area contributed by atoms with Gasteiger partial charge >= 0.3 is 0 Å². The number of rotatable bonds is 3. The third-order valence-corrected chi connectivity index (χ3v) is 5.77. The Hall–Kier alpha value is -2.14. The van der Waals surface area contributed by atoms with Crippen molar-refractivity contribution in [2.75, 3.05) is 26.2 Å². The second-order valence-electron chi connectivity index (χ2n) is 7.45. The van der Waals surface area contributed by atoms with E-state index in [1.54, 1.807) is 0 Å². The molecule has 1 aromatic carbocycles. The zero-order valence-corrected chi connectivity index (χ0v) is 15.5. The molecule has 1 aromatic heterocycles. The van der Waals surface area contributed by atoms with Gasteiger partial charge in [-0.15, -0.1) is 0 Å². The lowest BCUT2D eigenvalue weighted by Gasteiger charge is -2.26. The molecular weight excluding hydrogens is 326 g/mol. The molecule has 2 fully saturated rings. The van der Waals surface area contributed by atoms with Crippen LogP contribution in [0.15, 0.2) is 34.9 Å². The Labute approximate surface area is 155 Å². The van der Waals surface area contributed by atoms with Crippen molar-refractivity contribution in [2.45, 2.75) is 45.1 Å². The second kappa shape index (κ2) is 7.62. The number of likely N-dealkylation sites (tertiary alicyclic amines) is 2. The van der Waals surface area contributed by atoms with Gasteiger partial charge in [0, 0.05) is 24.7 Å². The lowest BCUT2D eigenvalue weighted by molar-refractivity contribution is 0.0756. The van der Waals surface area contributed by atoms with E-state index < -0.39 is 0 Å². The molecule has 2 aliphatic rings. The highest BCUT2D eigenvalue weighted by Crippen LogP contribution is 2.28. The van der Waals surface area contributed by atoms with Gasteiger partial charge in [0.25, 0.3) is 5.91 Å². The molecule has 2 aliphatic heterocycles. The summed E-state index contributed by atoms with van der Waals surface area (Å²) in [5.74, 6) is 0.666. The van der Waals surface area contributed by atoms with Crippen LogP contribution >= 0.6 is 0 Å². The van der Waals surface area contributed by atoms with Crippen LogP contribution < -0.4 is 0 Å². The van der Waals surface area contributed by atoms with E-state index in [0.29, 0.717) is 23.1 Å². The average molecular weight is 353 g/mol. The normalized spacial score (nSPS) is 21.7. The SMILES string of the molecule is Cc1onc(-c2ccccc2)c1C(=O)N1CCCC(N2CCCC2)CC1. The van der Waals surface area contributed by atoms with Crippen molar-refractivity contribution in [3.05, 3.63) is 41.7 Å². The molecule has 0 bridgehead atoms. The van der Waals surface area contributed by atoms with Gasteiger partial charge in [0.1, 0.15) is 17.0 Å². The summed E-state index contributed by atoms with van der Waals surface area (Å²) in [7, 11) is 0. The van der Waals surface area contributed by atoms with Crippen LogP contribution in [0.2, 0.25) is 0 Å². The number of aryl methyl sites for hydroxylation is 1. The lowest BCUT2D eigenvalue weighted by atomic mass is 10.1. The summed E-state index contributed by atoms with van der Waals surface area (Å²) in [6.07, 6.45) is 5.96. The van der Waals surface area contributed by atoms with E-state index in [2.05, 4.69) is 10.1 Å². The van der Waals surface area contributed by atoms with Gasteiger partial charge in [0.05, 0.1) is 0 Å². The van der Waals surface area contributed by atoms with E-state index in [9.17, 15) is 4.79 Å². The van der Waals surface area contributed by atoms with Gasteiger partial charge in [-0.2, -0.15) is 0 Å². The number of hydrogen-bond donors (Lipinski definition) is 0. The second-order valence-corrected chi connectivity index (χ2v) is 7.45. The summed E-state index contributed by atoms with van der Waals surface area (Å²) in [4.78, 5) is 17.9. The van der Waals surface area contributed by atoms with Crippen LogP contribution in [0, 0.1) is 6.92 Å². The number of carbonyl (C=O) groups excluding carboxylic acids is 1. The Morgan fingerprint density at radius 1 is 1.04 bits per heavy atom. The Balaban J connectivity index is 1.52. The van der Waals surface area contributed by atoms with Crippen LogP contribution in [-0.4, -0.2) is 53.1 Å². The summed E-state index contributed by atoms with van der Waals surface area (Å²) >= 11 is 0. The highest BCUT2D eigenvalue weighted by Gasteiger charge is 2.30. The molecular formula is C21H27N3O2. The van der Waals surface area contributed by atoms with Crippen molar-refractivity contribution >= 4 is 5.91 Å². The van der Waals surface area contributed by atoms with Crippen molar-refractivity contribution in [1.29, 1.82) is 0 Å². The number of hydrogen-bond acceptors (Lipinski definition) is 4. The largest absolute Gasteiger partial charge is 0.360 e. The number of benzene rings is 1. The fourth-order valence-corrected chi connectivity index (χ4v) is 4.33. The topological polar surface area (TPSA) is 49.6 Å². The Morgan fingerprint density at radius 3 is 2.58 bits per heavy atom. The average Bonchev–Trinajstić information content (AvgIpc) is 3.26. The predicted molar refractivity (Wildman–Crippen MR) is 101 cm³/mol. The first-order valence-electron chi connectivity index (χ1n) is 9.79. The molecule has 1 amide bonds. The van der Waals surface area contributed by atoms with Crippen molar-refractivity contribution in [1.82, 2.24) is 15.0 Å². The summed E-state index contributed by atoms with van der Waals surface area (Å²) in [5.41, 5.74) is 2.21. The smallest absolute Gasteiger partial charge is 0.259 e. The van der Waals surface area contributed by atoms with Crippen molar-refractivity contribution in [3.63, 3.8) is 0 Å². The van der Waals surface area contributed by atoms with Crippen LogP contribution in [-0.2, 0) is 0 Å². The first-order valence-corrected chi connectivity index (χ1v) is 9.79. The molecule has 138 valence electrons. The summed E-state index contributed by atoms with van der Waals surface area (Å²) in [6, 6.07) is 10.5. The van der Waals surface area contributed by atoms with Crippen LogP contribution in [0.3, 0.4) is 0 Å². The van der Waals surface area contributed by atoms with E-state index in [1.807, 2.05) is 42.2 Å². The Kier molecular flexibility index (Phi) is 5.07. The molecule has 0 aliphatic carbocycles. The summed E-state index contributed by atoms with van der Waals surface area (Å²) < 4.78 is 5.39. The summed E-state index contributed by atoms with van der Waals surface area (Å²) in [5, 5.41) is 4.17. The minimum Gasteiger partial charge on any atom is -0.360 e. The van der Waals surface area contributed by atoms with Gasteiger partial charge in [0.15, 0.2) is 0 Å². The highest BCUT2D eigenvalue weighted by molar-refractivity contribution is 6.00. The Bertz CT molecular complexity index is 750. The lowest BCUT2D eigenvalue weighted by Crippen LogP contribution is -2.35. The van der Waals surface area contributed by atoms with Gasteiger partial charge in [-0.25, -0.2) is 0 Å². The van der Waals surface area contributed by atoms with E-state index in [0.717, 1.165) is 31.5 Å². The molecule has 5 nitrogen and oxygen atoms in total. The fraction of sp³-hybridized carbons (Fsp3) is 0.524. The van der Waals surface area contributed by atoms with Crippen molar-refractivity contribution in [3.8, 4) is 11.3 Å². The third-order valence-electron chi connectivity index (χ3n) is 5.77. The molecule has 26 heavy (non-hydrogen) atoms. The fourth-order valence-electron chi connectivity index (χ4n) is 4.33. The monoisotopic (exact) mass is 353 g/mol. The van der Waals surface area contributed by atoms with Crippen molar-refractivity contribution in [2.24, 2.45) is 0 Å². The van der Waals surface area contributed by atoms with E-state index in [-0.39, 0.29) is 5.91 Å². The van der Waals surface area contributed by atoms with E-state index in [4.69, 9.17) is 4.52 Å². The maximum atomic E-state index is 13.3. The van der Waals surface area contributed by atoms with Gasteiger partial charge in [-0.3, -0.25) is 4.79 Å². The first-order chi connectivity index (χ1) is 12.7. The van der Waals surface area contributed by atoms with Gasteiger partial charge in [-0.05, 0) is 52.1 Å². The molecule has 2 saturated heterocycles. The molecule has 2 aromatic rings. The number of aromatic nitrogens is 1. The van der Waals surface area contributed by atoms with Gasteiger partial charge < -0.3 is 14.3 Å². The zero-order valence-electron chi connectivity index (χ0n) is 15.5. The number of nitrogens with zero attached hydrogens (tertiary/aromatic N) is 3. The first kappa shape index (κ1) is 17.3. The molecule has 3 heterocycles.